The van der Waals surface area contributed by atoms with Crippen LogP contribution in [0, 0.1) is 0 Å². The number of amides is 2. The van der Waals surface area contributed by atoms with E-state index < -0.39 is 35.2 Å². The van der Waals surface area contributed by atoms with Gasteiger partial charge in [0.25, 0.3) is 5.91 Å². The number of primary amides is 1. The van der Waals surface area contributed by atoms with Gasteiger partial charge in [-0.3, -0.25) is 9.59 Å². The van der Waals surface area contributed by atoms with E-state index in [1.165, 1.54) is 19.4 Å². The highest BCUT2D eigenvalue weighted by molar-refractivity contribution is 14.1. The topological polar surface area (TPSA) is 94.3 Å². The van der Waals surface area contributed by atoms with Gasteiger partial charge in [0.05, 0.1) is 5.56 Å². The van der Waals surface area contributed by atoms with E-state index in [1.807, 2.05) is 25.1 Å². The quantitative estimate of drug-likeness (QED) is 0.216. The molecule has 1 heterocycles. The first-order valence-electron chi connectivity index (χ1n) is 11.9. The van der Waals surface area contributed by atoms with Gasteiger partial charge in [-0.25, -0.2) is 4.98 Å². The van der Waals surface area contributed by atoms with Crippen molar-refractivity contribution in [2.45, 2.75) is 55.4 Å². The lowest BCUT2D eigenvalue weighted by Crippen LogP contribution is -2.51. The van der Waals surface area contributed by atoms with E-state index in [2.05, 4.69) is 45.0 Å². The number of nitrogens with one attached hydrogen (secondary N) is 1. The van der Waals surface area contributed by atoms with E-state index in [0.29, 0.717) is 18.2 Å². The molecule has 3 N–H and O–H groups in total. The fourth-order valence-electron chi connectivity index (χ4n) is 3.92. The minimum absolute atomic E-state index is 0.105. The van der Waals surface area contributed by atoms with Gasteiger partial charge >= 0.3 is 6.18 Å². The van der Waals surface area contributed by atoms with Crippen molar-refractivity contribution in [2.24, 2.45) is 5.73 Å². The van der Waals surface area contributed by atoms with E-state index in [9.17, 15) is 22.8 Å². The standard InChI is InChI=1S/C28H29F3IN3O3/c1-17(35-26(37)27(2,3)38-24-12-11-22(16-34-24)28(29,30)31)23(13-18-7-9-19(15-32)10-8-18)20-5-4-6-21(14-20)25(33)36/h4-12,14,16-17,23H,13,15H2,1-3H3,(H2,33,36)(H,35,37)/t17-,23+/m0/s1. The van der Waals surface area contributed by atoms with Gasteiger partial charge in [0.2, 0.25) is 11.8 Å². The SMILES string of the molecule is C[C@H](NC(=O)C(C)(C)Oc1ccc(C(F)(F)F)cn1)[C@@H](Cc1ccc(CI)cc1)c1cccc(C(N)=O)c1. The summed E-state index contributed by atoms with van der Waals surface area (Å²) in [5, 5.41) is 2.98. The summed E-state index contributed by atoms with van der Waals surface area (Å²) < 4.78 is 45.1. The molecule has 0 fully saturated rings. The molecular weight excluding hydrogens is 610 g/mol. The Morgan fingerprint density at radius 1 is 1.05 bits per heavy atom. The number of nitrogens with zero attached hydrogens (tertiary/aromatic N) is 1. The zero-order chi connectivity index (χ0) is 28.1. The number of carbonyl (C=O) groups excluding carboxylic acids is 2. The number of rotatable bonds is 10. The molecule has 0 aliphatic heterocycles. The summed E-state index contributed by atoms with van der Waals surface area (Å²) in [6, 6.07) is 16.7. The van der Waals surface area contributed by atoms with Crippen LogP contribution in [-0.4, -0.2) is 28.4 Å². The Hall–Kier alpha value is -3.15. The Balaban J connectivity index is 1.81. The zero-order valence-electron chi connectivity index (χ0n) is 21.2. The summed E-state index contributed by atoms with van der Waals surface area (Å²) in [6.45, 7) is 4.88. The number of carbonyl (C=O) groups is 2. The summed E-state index contributed by atoms with van der Waals surface area (Å²) in [4.78, 5) is 28.7. The summed E-state index contributed by atoms with van der Waals surface area (Å²) in [5.74, 6) is -1.34. The van der Waals surface area contributed by atoms with Crippen LogP contribution in [0.1, 0.15) is 59.3 Å². The molecule has 202 valence electrons. The maximum absolute atomic E-state index is 13.2. The number of hydrogen-bond donors (Lipinski definition) is 2. The molecule has 0 spiro atoms. The lowest BCUT2D eigenvalue weighted by molar-refractivity contribution is -0.138. The molecule has 2 atom stereocenters. The van der Waals surface area contributed by atoms with Gasteiger partial charge in [0.15, 0.2) is 5.60 Å². The van der Waals surface area contributed by atoms with Crippen LogP contribution in [0.25, 0.3) is 0 Å². The number of nitrogens with two attached hydrogens (primary N) is 1. The first-order chi connectivity index (χ1) is 17.8. The van der Waals surface area contributed by atoms with E-state index in [1.54, 1.807) is 18.2 Å². The second-order valence-corrected chi connectivity index (χ2v) is 10.3. The molecule has 0 saturated carbocycles. The highest BCUT2D eigenvalue weighted by atomic mass is 127. The van der Waals surface area contributed by atoms with Crippen LogP contribution in [-0.2, 0) is 21.8 Å². The van der Waals surface area contributed by atoms with Crippen molar-refractivity contribution in [2.75, 3.05) is 0 Å². The summed E-state index contributed by atoms with van der Waals surface area (Å²) in [7, 11) is 0. The largest absolute Gasteiger partial charge is 0.462 e. The smallest absolute Gasteiger partial charge is 0.417 e. The minimum atomic E-state index is -4.52. The molecule has 38 heavy (non-hydrogen) atoms. The molecule has 10 heteroatoms. The van der Waals surface area contributed by atoms with E-state index >= 15 is 0 Å². The highest BCUT2D eigenvalue weighted by Crippen LogP contribution is 2.30. The second-order valence-electron chi connectivity index (χ2n) is 9.51. The number of halogens is 4. The third-order valence-electron chi connectivity index (χ3n) is 6.16. The Bertz CT molecular complexity index is 1260. The van der Waals surface area contributed by atoms with Crippen LogP contribution in [0.5, 0.6) is 5.88 Å². The highest BCUT2D eigenvalue weighted by Gasteiger charge is 2.34. The molecular formula is C28H29F3IN3O3. The molecule has 0 aliphatic carbocycles. The van der Waals surface area contributed by atoms with Crippen molar-refractivity contribution in [1.82, 2.24) is 10.3 Å². The lowest BCUT2D eigenvalue weighted by Gasteiger charge is -2.31. The molecule has 1 aromatic heterocycles. The molecule has 6 nitrogen and oxygen atoms in total. The average Bonchev–Trinajstić information content (AvgIpc) is 2.87. The van der Waals surface area contributed by atoms with Crippen molar-refractivity contribution < 1.29 is 27.5 Å². The monoisotopic (exact) mass is 639 g/mol. The lowest BCUT2D eigenvalue weighted by atomic mass is 9.85. The van der Waals surface area contributed by atoms with Crippen molar-refractivity contribution in [3.63, 3.8) is 0 Å². The van der Waals surface area contributed by atoms with Gasteiger partial charge in [-0.05, 0) is 62.1 Å². The third kappa shape index (κ3) is 7.68. The van der Waals surface area contributed by atoms with Crippen LogP contribution in [0.3, 0.4) is 0 Å². The first kappa shape index (κ1) is 29.4. The maximum atomic E-state index is 13.2. The minimum Gasteiger partial charge on any atom is -0.462 e. The van der Waals surface area contributed by atoms with Gasteiger partial charge in [-0.2, -0.15) is 13.2 Å². The summed E-state index contributed by atoms with van der Waals surface area (Å²) in [6.07, 6.45) is -3.28. The van der Waals surface area contributed by atoms with Gasteiger partial charge < -0.3 is 15.8 Å². The number of pyridine rings is 1. The maximum Gasteiger partial charge on any atom is 0.417 e. The average molecular weight is 639 g/mol. The summed E-state index contributed by atoms with van der Waals surface area (Å²) in [5.41, 5.74) is 6.60. The Morgan fingerprint density at radius 2 is 1.71 bits per heavy atom. The molecule has 0 aliphatic rings. The normalized spacial score (nSPS) is 13.4. The van der Waals surface area contributed by atoms with Gasteiger partial charge in [0.1, 0.15) is 0 Å². The van der Waals surface area contributed by atoms with Gasteiger partial charge in [-0.1, -0.05) is 59.0 Å². The molecule has 0 unspecified atom stereocenters. The fourth-order valence-corrected chi connectivity index (χ4v) is 4.43. The molecule has 0 saturated heterocycles. The van der Waals surface area contributed by atoms with Crippen LogP contribution >= 0.6 is 22.6 Å². The number of ether oxygens (including phenoxy) is 1. The van der Waals surface area contributed by atoms with Crippen molar-refractivity contribution in [3.8, 4) is 5.88 Å². The number of hydrogen-bond acceptors (Lipinski definition) is 4. The molecule has 2 aromatic carbocycles. The van der Waals surface area contributed by atoms with Crippen LogP contribution in [0.4, 0.5) is 13.2 Å². The van der Waals surface area contributed by atoms with E-state index in [-0.39, 0.29) is 11.8 Å². The molecule has 3 rings (SSSR count). The van der Waals surface area contributed by atoms with Crippen molar-refractivity contribution in [1.29, 1.82) is 0 Å². The third-order valence-corrected chi connectivity index (χ3v) is 7.05. The molecule has 3 aromatic rings. The number of aromatic nitrogens is 1. The second kappa shape index (κ2) is 12.1. The Labute approximate surface area is 233 Å². The first-order valence-corrected chi connectivity index (χ1v) is 13.4. The van der Waals surface area contributed by atoms with Gasteiger partial charge in [0, 0.05) is 34.2 Å². The van der Waals surface area contributed by atoms with Crippen molar-refractivity contribution in [3.05, 3.63) is 94.7 Å². The Morgan fingerprint density at radius 3 is 2.26 bits per heavy atom. The van der Waals surface area contributed by atoms with Crippen LogP contribution in [0.2, 0.25) is 0 Å². The number of benzene rings is 2. The fraction of sp³-hybridized carbons (Fsp3) is 0.321. The van der Waals surface area contributed by atoms with E-state index in [0.717, 1.165) is 27.7 Å². The van der Waals surface area contributed by atoms with Crippen LogP contribution < -0.4 is 15.8 Å². The van der Waals surface area contributed by atoms with E-state index in [4.69, 9.17) is 10.5 Å². The Kier molecular flexibility index (Phi) is 9.40. The molecule has 2 amide bonds. The predicted molar refractivity (Wildman–Crippen MR) is 147 cm³/mol. The number of alkyl halides is 4. The molecule has 0 bridgehead atoms. The molecule has 0 radical (unpaired) electrons. The van der Waals surface area contributed by atoms with Crippen molar-refractivity contribution >= 4 is 34.4 Å². The van der Waals surface area contributed by atoms with Crippen LogP contribution in [0.15, 0.2) is 66.9 Å². The van der Waals surface area contributed by atoms with Gasteiger partial charge in [-0.15, -0.1) is 0 Å². The zero-order valence-corrected chi connectivity index (χ0v) is 23.3. The predicted octanol–water partition coefficient (Wildman–Crippen LogP) is 5.82. The summed E-state index contributed by atoms with van der Waals surface area (Å²) >= 11 is 2.30.